The number of tetrazole rings is 1. The van der Waals surface area contributed by atoms with E-state index in [1.54, 1.807) is 4.68 Å². The number of nitrogens with two attached hydrogens (primary N) is 1. The van der Waals surface area contributed by atoms with Crippen molar-refractivity contribution < 1.29 is 0 Å². The summed E-state index contributed by atoms with van der Waals surface area (Å²) in [6.07, 6.45) is 0. The van der Waals surface area contributed by atoms with Gasteiger partial charge >= 0.3 is 0 Å². The molecule has 5 nitrogen and oxygen atoms in total. The van der Waals surface area contributed by atoms with Crippen LogP contribution in [0.5, 0.6) is 0 Å². The molecule has 3 aromatic rings. The highest BCUT2D eigenvalue weighted by Crippen LogP contribution is 2.16. The van der Waals surface area contributed by atoms with E-state index in [0.29, 0.717) is 6.54 Å². The van der Waals surface area contributed by atoms with Gasteiger partial charge in [-0.25, -0.2) is 4.68 Å². The summed E-state index contributed by atoms with van der Waals surface area (Å²) in [5.74, 6) is 0.762. The Morgan fingerprint density at radius 2 is 1.68 bits per heavy atom. The molecule has 0 bridgehead atoms. The highest BCUT2D eigenvalue weighted by atomic mass is 15.5. The molecule has 0 unspecified atom stereocenters. The van der Waals surface area contributed by atoms with E-state index in [4.69, 9.17) is 5.73 Å². The van der Waals surface area contributed by atoms with Crippen LogP contribution in [0.1, 0.15) is 5.56 Å². The van der Waals surface area contributed by atoms with Gasteiger partial charge in [0.1, 0.15) is 0 Å². The van der Waals surface area contributed by atoms with Crippen molar-refractivity contribution in [3.63, 3.8) is 0 Å². The first-order valence-corrected chi connectivity index (χ1v) is 5.99. The minimum absolute atomic E-state index is 0.623. The second-order valence-electron chi connectivity index (χ2n) is 4.27. The summed E-state index contributed by atoms with van der Waals surface area (Å²) in [5.41, 5.74) is 8.54. The fourth-order valence-electron chi connectivity index (χ4n) is 1.90. The fourth-order valence-corrected chi connectivity index (χ4v) is 1.90. The molecule has 0 aliphatic heterocycles. The molecular weight excluding hydrogens is 238 g/mol. The number of nitrogens with zero attached hydrogens (tertiary/aromatic N) is 4. The molecule has 0 fully saturated rings. The molecule has 2 aromatic carbocycles. The molecule has 5 heteroatoms. The molecule has 0 radical (unpaired) electrons. The monoisotopic (exact) mass is 251 g/mol. The SMILES string of the molecule is Nc1ccc(Cn2nnnc2-c2ccccc2)cc1. The van der Waals surface area contributed by atoms with Gasteiger partial charge in [0.2, 0.25) is 0 Å². The van der Waals surface area contributed by atoms with Crippen molar-refractivity contribution >= 4 is 5.69 Å². The summed E-state index contributed by atoms with van der Waals surface area (Å²) < 4.78 is 1.78. The predicted octanol–water partition coefficient (Wildman–Crippen LogP) is 1.97. The van der Waals surface area contributed by atoms with Gasteiger partial charge in [-0.2, -0.15) is 0 Å². The summed E-state index contributed by atoms with van der Waals surface area (Å²) >= 11 is 0. The van der Waals surface area contributed by atoms with Crippen LogP contribution in [0.3, 0.4) is 0 Å². The Morgan fingerprint density at radius 1 is 0.947 bits per heavy atom. The molecule has 19 heavy (non-hydrogen) atoms. The molecule has 0 atom stereocenters. The number of aromatic nitrogens is 4. The molecule has 94 valence electrons. The van der Waals surface area contributed by atoms with Crippen molar-refractivity contribution in [2.45, 2.75) is 6.54 Å². The normalized spacial score (nSPS) is 10.5. The Kier molecular flexibility index (Phi) is 2.94. The fraction of sp³-hybridized carbons (Fsp3) is 0.0714. The van der Waals surface area contributed by atoms with E-state index in [1.807, 2.05) is 54.6 Å². The zero-order chi connectivity index (χ0) is 13.1. The molecule has 0 amide bonds. The van der Waals surface area contributed by atoms with Gasteiger partial charge in [-0.15, -0.1) is 5.10 Å². The molecule has 0 saturated heterocycles. The van der Waals surface area contributed by atoms with Gasteiger partial charge in [-0.1, -0.05) is 42.5 Å². The van der Waals surface area contributed by atoms with Crippen LogP contribution >= 0.6 is 0 Å². The maximum Gasteiger partial charge on any atom is 0.182 e. The van der Waals surface area contributed by atoms with Crippen molar-refractivity contribution in [1.82, 2.24) is 20.2 Å². The first kappa shape index (κ1) is 11.4. The van der Waals surface area contributed by atoms with Gasteiger partial charge in [-0.3, -0.25) is 0 Å². The van der Waals surface area contributed by atoms with Crippen LogP contribution in [0.25, 0.3) is 11.4 Å². The third kappa shape index (κ3) is 2.44. The van der Waals surface area contributed by atoms with Crippen molar-refractivity contribution in [2.24, 2.45) is 0 Å². The van der Waals surface area contributed by atoms with E-state index < -0.39 is 0 Å². The lowest BCUT2D eigenvalue weighted by molar-refractivity contribution is 0.653. The van der Waals surface area contributed by atoms with Crippen LogP contribution in [0, 0.1) is 0 Å². The Morgan fingerprint density at radius 3 is 2.42 bits per heavy atom. The zero-order valence-corrected chi connectivity index (χ0v) is 10.3. The number of nitrogen functional groups attached to an aromatic ring is 1. The average Bonchev–Trinajstić information content (AvgIpc) is 2.90. The summed E-state index contributed by atoms with van der Waals surface area (Å²) in [7, 11) is 0. The van der Waals surface area contributed by atoms with Crippen LogP contribution in [0.2, 0.25) is 0 Å². The van der Waals surface area contributed by atoms with Crippen LogP contribution < -0.4 is 5.73 Å². The maximum atomic E-state index is 5.67. The third-order valence-corrected chi connectivity index (χ3v) is 2.88. The highest BCUT2D eigenvalue weighted by Gasteiger charge is 2.08. The Balaban J connectivity index is 1.91. The van der Waals surface area contributed by atoms with E-state index in [0.717, 1.165) is 22.6 Å². The highest BCUT2D eigenvalue weighted by molar-refractivity contribution is 5.54. The third-order valence-electron chi connectivity index (χ3n) is 2.88. The van der Waals surface area contributed by atoms with E-state index >= 15 is 0 Å². The van der Waals surface area contributed by atoms with E-state index in [-0.39, 0.29) is 0 Å². The minimum atomic E-state index is 0.623. The summed E-state index contributed by atoms with van der Waals surface area (Å²) in [6, 6.07) is 17.6. The number of rotatable bonds is 3. The van der Waals surface area contributed by atoms with Crippen LogP contribution in [0.4, 0.5) is 5.69 Å². The molecule has 2 N–H and O–H groups in total. The van der Waals surface area contributed by atoms with Crippen molar-refractivity contribution in [2.75, 3.05) is 5.73 Å². The maximum absolute atomic E-state index is 5.67. The summed E-state index contributed by atoms with van der Waals surface area (Å²) in [6.45, 7) is 0.623. The predicted molar refractivity (Wildman–Crippen MR) is 73.2 cm³/mol. The van der Waals surface area contributed by atoms with Gasteiger partial charge < -0.3 is 5.73 Å². The molecule has 1 heterocycles. The second-order valence-corrected chi connectivity index (χ2v) is 4.27. The van der Waals surface area contributed by atoms with Crippen molar-refractivity contribution in [1.29, 1.82) is 0 Å². The summed E-state index contributed by atoms with van der Waals surface area (Å²) in [5, 5.41) is 11.9. The Hall–Kier alpha value is -2.69. The zero-order valence-electron chi connectivity index (χ0n) is 10.3. The van der Waals surface area contributed by atoms with E-state index in [2.05, 4.69) is 15.5 Å². The number of hydrogen-bond acceptors (Lipinski definition) is 4. The van der Waals surface area contributed by atoms with Gasteiger partial charge in [0.15, 0.2) is 5.82 Å². The number of anilines is 1. The van der Waals surface area contributed by atoms with Crippen LogP contribution in [-0.4, -0.2) is 20.2 Å². The topological polar surface area (TPSA) is 69.6 Å². The largest absolute Gasteiger partial charge is 0.399 e. The van der Waals surface area contributed by atoms with Gasteiger partial charge in [0.25, 0.3) is 0 Å². The molecule has 0 aliphatic rings. The van der Waals surface area contributed by atoms with Gasteiger partial charge in [0.05, 0.1) is 6.54 Å². The lowest BCUT2D eigenvalue weighted by Gasteiger charge is -2.05. The van der Waals surface area contributed by atoms with Crippen molar-refractivity contribution in [3.05, 3.63) is 60.2 Å². The Labute approximate surface area is 110 Å². The lowest BCUT2D eigenvalue weighted by atomic mass is 10.2. The molecule has 3 rings (SSSR count). The number of benzene rings is 2. The molecular formula is C14H13N5. The van der Waals surface area contributed by atoms with Crippen LogP contribution in [-0.2, 0) is 6.54 Å². The second kappa shape index (κ2) is 4.89. The van der Waals surface area contributed by atoms with Gasteiger partial charge in [0, 0.05) is 11.3 Å². The van der Waals surface area contributed by atoms with E-state index in [9.17, 15) is 0 Å². The van der Waals surface area contributed by atoms with E-state index in [1.165, 1.54) is 0 Å². The van der Waals surface area contributed by atoms with Crippen molar-refractivity contribution in [3.8, 4) is 11.4 Å². The standard InChI is InChI=1S/C14H13N5/c15-13-8-6-11(7-9-13)10-19-14(16-17-18-19)12-4-2-1-3-5-12/h1-9H,10,15H2. The number of hydrogen-bond donors (Lipinski definition) is 1. The van der Waals surface area contributed by atoms with Gasteiger partial charge in [-0.05, 0) is 28.1 Å². The lowest BCUT2D eigenvalue weighted by Crippen LogP contribution is -2.04. The first-order valence-electron chi connectivity index (χ1n) is 5.99. The quantitative estimate of drug-likeness (QED) is 0.722. The average molecular weight is 251 g/mol. The molecule has 0 spiro atoms. The molecule has 0 aliphatic carbocycles. The smallest absolute Gasteiger partial charge is 0.182 e. The first-order chi connectivity index (χ1) is 9.33. The Bertz CT molecular complexity index is 658. The molecule has 1 aromatic heterocycles. The van der Waals surface area contributed by atoms with Crippen LogP contribution in [0.15, 0.2) is 54.6 Å². The molecule has 0 saturated carbocycles. The summed E-state index contributed by atoms with van der Waals surface area (Å²) in [4.78, 5) is 0. The minimum Gasteiger partial charge on any atom is -0.399 e.